The van der Waals surface area contributed by atoms with Gasteiger partial charge < -0.3 is 20.9 Å². The second-order valence-corrected chi connectivity index (χ2v) is 6.60. The van der Waals surface area contributed by atoms with Crippen LogP contribution in [0, 0.1) is 17.3 Å². The van der Waals surface area contributed by atoms with Gasteiger partial charge >= 0.3 is 0 Å². The summed E-state index contributed by atoms with van der Waals surface area (Å²) in [7, 11) is 0. The average molecular weight is 270 g/mol. The van der Waals surface area contributed by atoms with Crippen molar-refractivity contribution in [2.75, 3.05) is 19.8 Å². The number of carbonyl (C=O) groups excluding carboxylic acids is 1. The lowest BCUT2D eigenvalue weighted by Crippen LogP contribution is -2.80. The van der Waals surface area contributed by atoms with Gasteiger partial charge in [-0.15, -0.1) is 0 Å². The lowest BCUT2D eigenvalue weighted by molar-refractivity contribution is -0.175. The maximum Gasteiger partial charge on any atom is 0.241 e. The molecule has 4 unspecified atom stereocenters. The Labute approximate surface area is 114 Å². The molecule has 110 valence electrons. The van der Waals surface area contributed by atoms with Crippen LogP contribution in [0.4, 0.5) is 0 Å². The van der Waals surface area contributed by atoms with E-state index in [0.29, 0.717) is 19.6 Å². The number of nitrogens with one attached hydrogen (secondary N) is 1. The second-order valence-electron chi connectivity index (χ2n) is 6.60. The minimum Gasteiger partial charge on any atom is -0.396 e. The summed E-state index contributed by atoms with van der Waals surface area (Å²) in [6.45, 7) is 7.44. The zero-order valence-corrected chi connectivity index (χ0v) is 12.1. The second kappa shape index (κ2) is 5.04. The van der Waals surface area contributed by atoms with E-state index in [1.54, 1.807) is 0 Å². The number of aliphatic hydroxyl groups excluding tert-OH is 1. The number of fused-ring (bicyclic) bond motifs is 1. The lowest BCUT2D eigenvalue weighted by atomic mass is 9.48. The number of nitrogens with two attached hydrogens (primary N) is 1. The summed E-state index contributed by atoms with van der Waals surface area (Å²) in [6, 6.07) is 0. The van der Waals surface area contributed by atoms with E-state index >= 15 is 0 Å². The molecule has 0 aromatic carbocycles. The molecule has 0 radical (unpaired) electrons. The van der Waals surface area contributed by atoms with Gasteiger partial charge in [-0.05, 0) is 18.8 Å². The third kappa shape index (κ3) is 2.08. The number of rotatable bonds is 5. The van der Waals surface area contributed by atoms with Crippen molar-refractivity contribution in [1.29, 1.82) is 0 Å². The van der Waals surface area contributed by atoms with Crippen molar-refractivity contribution in [2.24, 2.45) is 23.0 Å². The highest BCUT2D eigenvalue weighted by Crippen LogP contribution is 2.58. The summed E-state index contributed by atoms with van der Waals surface area (Å²) in [4.78, 5) is 12.5. The molecule has 2 rings (SSSR count). The molecule has 0 bridgehead atoms. The Hall–Kier alpha value is -0.650. The fraction of sp³-hybridized carbons (Fsp3) is 0.929. The number of amides is 1. The SMILES string of the molecule is CC(CCO)CNC(=O)C1(N)C2CCOC2C1(C)C. The highest BCUT2D eigenvalue weighted by Gasteiger charge is 2.71. The molecule has 5 heteroatoms. The third-order valence-electron chi connectivity index (χ3n) is 5.06. The Kier molecular flexibility index (Phi) is 3.91. The molecule has 1 heterocycles. The van der Waals surface area contributed by atoms with Gasteiger partial charge in [0.2, 0.25) is 5.91 Å². The van der Waals surface area contributed by atoms with Gasteiger partial charge in [-0.25, -0.2) is 0 Å². The number of carbonyl (C=O) groups is 1. The fourth-order valence-corrected chi connectivity index (χ4v) is 3.58. The van der Waals surface area contributed by atoms with Gasteiger partial charge in [0, 0.05) is 31.1 Å². The Morgan fingerprint density at radius 2 is 2.26 bits per heavy atom. The van der Waals surface area contributed by atoms with Gasteiger partial charge in [-0.1, -0.05) is 20.8 Å². The van der Waals surface area contributed by atoms with Crippen LogP contribution in [0.1, 0.15) is 33.6 Å². The maximum absolute atomic E-state index is 12.5. The maximum atomic E-state index is 12.5. The normalized spacial score (nSPS) is 37.3. The van der Waals surface area contributed by atoms with Crippen molar-refractivity contribution in [3.63, 3.8) is 0 Å². The quantitative estimate of drug-likeness (QED) is 0.669. The molecule has 1 saturated carbocycles. The predicted molar refractivity (Wildman–Crippen MR) is 72.4 cm³/mol. The van der Waals surface area contributed by atoms with Crippen LogP contribution < -0.4 is 11.1 Å². The minimum absolute atomic E-state index is 0.0750. The topological polar surface area (TPSA) is 84.6 Å². The van der Waals surface area contributed by atoms with Crippen molar-refractivity contribution in [3.05, 3.63) is 0 Å². The van der Waals surface area contributed by atoms with Crippen molar-refractivity contribution in [1.82, 2.24) is 5.32 Å². The van der Waals surface area contributed by atoms with Crippen LogP contribution >= 0.6 is 0 Å². The van der Waals surface area contributed by atoms with E-state index < -0.39 is 5.54 Å². The first-order chi connectivity index (χ1) is 8.85. The Morgan fingerprint density at radius 1 is 1.58 bits per heavy atom. The molecule has 19 heavy (non-hydrogen) atoms. The van der Waals surface area contributed by atoms with Crippen LogP contribution in [0.3, 0.4) is 0 Å². The molecule has 5 nitrogen and oxygen atoms in total. The van der Waals surface area contributed by atoms with Crippen LogP contribution in [0.5, 0.6) is 0 Å². The predicted octanol–water partition coefficient (Wildman–Crippen LogP) is 0.264. The van der Waals surface area contributed by atoms with Gasteiger partial charge in [0.25, 0.3) is 0 Å². The van der Waals surface area contributed by atoms with Gasteiger partial charge in [-0.3, -0.25) is 4.79 Å². The summed E-state index contributed by atoms with van der Waals surface area (Å²) >= 11 is 0. The number of ether oxygens (including phenoxy) is 1. The molecular weight excluding hydrogens is 244 g/mol. The molecule has 1 saturated heterocycles. The smallest absolute Gasteiger partial charge is 0.241 e. The molecule has 1 amide bonds. The average Bonchev–Trinajstić information content (AvgIpc) is 2.83. The van der Waals surface area contributed by atoms with E-state index in [1.165, 1.54) is 0 Å². The van der Waals surface area contributed by atoms with Crippen molar-refractivity contribution in [3.8, 4) is 0 Å². The number of aliphatic hydroxyl groups is 1. The number of hydrogen-bond acceptors (Lipinski definition) is 4. The zero-order valence-electron chi connectivity index (χ0n) is 12.1. The van der Waals surface area contributed by atoms with E-state index in [4.69, 9.17) is 15.6 Å². The van der Waals surface area contributed by atoms with Crippen LogP contribution in [0.25, 0.3) is 0 Å². The van der Waals surface area contributed by atoms with Gasteiger partial charge in [0.05, 0.1) is 6.10 Å². The zero-order chi connectivity index (χ0) is 14.3. The molecule has 2 fully saturated rings. The molecular formula is C14H26N2O3. The monoisotopic (exact) mass is 270 g/mol. The van der Waals surface area contributed by atoms with E-state index in [-0.39, 0.29) is 35.9 Å². The molecule has 2 aliphatic rings. The molecule has 4 N–H and O–H groups in total. The highest BCUT2D eigenvalue weighted by atomic mass is 16.5. The Morgan fingerprint density at radius 3 is 2.89 bits per heavy atom. The van der Waals surface area contributed by atoms with Crippen molar-refractivity contribution < 1.29 is 14.6 Å². The minimum atomic E-state index is -0.826. The van der Waals surface area contributed by atoms with Crippen molar-refractivity contribution in [2.45, 2.75) is 45.3 Å². The van der Waals surface area contributed by atoms with Crippen molar-refractivity contribution >= 4 is 5.91 Å². The van der Waals surface area contributed by atoms with Crippen LogP contribution in [0.2, 0.25) is 0 Å². The fourth-order valence-electron chi connectivity index (χ4n) is 3.58. The summed E-state index contributed by atoms with van der Waals surface area (Å²) in [5, 5.41) is 11.8. The summed E-state index contributed by atoms with van der Waals surface area (Å²) in [6.07, 6.45) is 1.67. The van der Waals surface area contributed by atoms with Gasteiger partial charge in [0.1, 0.15) is 5.54 Å². The number of hydrogen-bond donors (Lipinski definition) is 3. The van der Waals surface area contributed by atoms with Crippen LogP contribution in [-0.2, 0) is 9.53 Å². The van der Waals surface area contributed by atoms with E-state index in [9.17, 15) is 4.79 Å². The Bertz CT molecular complexity index is 359. The first kappa shape index (κ1) is 14.8. The van der Waals surface area contributed by atoms with Crippen LogP contribution in [0.15, 0.2) is 0 Å². The van der Waals surface area contributed by atoms with Gasteiger partial charge in [0.15, 0.2) is 0 Å². The molecule has 1 aliphatic carbocycles. The van der Waals surface area contributed by atoms with Gasteiger partial charge in [-0.2, -0.15) is 0 Å². The Balaban J connectivity index is 1.98. The van der Waals surface area contributed by atoms with Crippen LogP contribution in [-0.4, -0.2) is 42.4 Å². The van der Waals surface area contributed by atoms with E-state index in [2.05, 4.69) is 5.32 Å². The van der Waals surface area contributed by atoms with E-state index in [1.807, 2.05) is 20.8 Å². The largest absolute Gasteiger partial charge is 0.396 e. The lowest BCUT2D eigenvalue weighted by Gasteiger charge is -2.60. The third-order valence-corrected chi connectivity index (χ3v) is 5.06. The first-order valence-corrected chi connectivity index (χ1v) is 7.15. The molecule has 0 aromatic heterocycles. The molecule has 0 spiro atoms. The van der Waals surface area contributed by atoms with E-state index in [0.717, 1.165) is 6.42 Å². The standard InChI is InChI=1S/C14H26N2O3/c1-9(4-6-17)8-16-12(18)14(15)10-5-7-19-11(10)13(14,2)3/h9-11,17H,4-8,15H2,1-3H3,(H,16,18). The summed E-state index contributed by atoms with van der Waals surface area (Å²) in [5.74, 6) is 0.320. The molecule has 1 aliphatic heterocycles. The summed E-state index contributed by atoms with van der Waals surface area (Å²) in [5.41, 5.74) is 5.28. The first-order valence-electron chi connectivity index (χ1n) is 7.15. The molecule has 0 aromatic rings. The summed E-state index contributed by atoms with van der Waals surface area (Å²) < 4.78 is 5.68. The molecule has 4 atom stereocenters. The highest BCUT2D eigenvalue weighted by molar-refractivity contribution is 5.89.